The summed E-state index contributed by atoms with van der Waals surface area (Å²) in [7, 11) is 1.76. The van der Waals surface area contributed by atoms with Crippen molar-refractivity contribution in [2.45, 2.75) is 31.7 Å². The van der Waals surface area contributed by atoms with Gasteiger partial charge in [0.15, 0.2) is 0 Å². The van der Waals surface area contributed by atoms with Crippen molar-refractivity contribution in [3.63, 3.8) is 0 Å². The van der Waals surface area contributed by atoms with Crippen LogP contribution in [0.2, 0.25) is 0 Å². The summed E-state index contributed by atoms with van der Waals surface area (Å²) in [6, 6.07) is 0. The number of likely N-dealkylation sites (N-methyl/N-ethyl adjacent to an activating group) is 1. The van der Waals surface area contributed by atoms with Crippen molar-refractivity contribution in [3.8, 4) is 0 Å². The van der Waals surface area contributed by atoms with E-state index < -0.39 is 5.54 Å². The highest BCUT2D eigenvalue weighted by Crippen LogP contribution is 2.14. The van der Waals surface area contributed by atoms with Gasteiger partial charge in [0.2, 0.25) is 5.91 Å². The molecule has 5 heteroatoms. The van der Waals surface area contributed by atoms with Crippen LogP contribution in [0.25, 0.3) is 0 Å². The molecule has 15 heavy (non-hydrogen) atoms. The SMILES string of the molecule is CNC(C)(CCCCSCCO)C(N)=O. The lowest BCUT2D eigenvalue weighted by Gasteiger charge is -2.25. The van der Waals surface area contributed by atoms with Gasteiger partial charge in [0.1, 0.15) is 0 Å². The van der Waals surface area contributed by atoms with E-state index in [4.69, 9.17) is 10.8 Å². The molecule has 0 aromatic heterocycles. The maximum absolute atomic E-state index is 11.1. The molecule has 0 rings (SSSR count). The molecule has 0 aliphatic rings. The Labute approximate surface area is 96.0 Å². The predicted molar refractivity (Wildman–Crippen MR) is 64.9 cm³/mol. The molecule has 0 saturated carbocycles. The fourth-order valence-corrected chi connectivity index (χ4v) is 1.96. The number of rotatable bonds is 9. The van der Waals surface area contributed by atoms with Crippen LogP contribution in [0.1, 0.15) is 26.2 Å². The fraction of sp³-hybridized carbons (Fsp3) is 0.900. The number of carbonyl (C=O) groups excluding carboxylic acids is 1. The number of hydrogen-bond acceptors (Lipinski definition) is 4. The molecule has 1 atom stereocenters. The van der Waals surface area contributed by atoms with E-state index in [0.29, 0.717) is 0 Å². The Balaban J connectivity index is 3.60. The Morgan fingerprint density at radius 3 is 2.60 bits per heavy atom. The molecular formula is C10H22N2O2S. The number of nitrogens with two attached hydrogens (primary N) is 1. The second kappa shape index (κ2) is 7.96. The van der Waals surface area contributed by atoms with Gasteiger partial charge in [-0.1, -0.05) is 6.42 Å². The second-order valence-electron chi connectivity index (χ2n) is 3.74. The normalized spacial score (nSPS) is 14.9. The molecule has 0 heterocycles. The predicted octanol–water partition coefficient (Wildman–Crippen LogP) is 0.346. The summed E-state index contributed by atoms with van der Waals surface area (Å²) in [6.07, 6.45) is 2.78. The van der Waals surface area contributed by atoms with Crippen molar-refractivity contribution in [2.75, 3.05) is 25.2 Å². The van der Waals surface area contributed by atoms with Gasteiger partial charge in [0.05, 0.1) is 12.1 Å². The Morgan fingerprint density at radius 2 is 2.13 bits per heavy atom. The lowest BCUT2D eigenvalue weighted by molar-refractivity contribution is -0.123. The quantitative estimate of drug-likeness (QED) is 0.503. The first-order valence-electron chi connectivity index (χ1n) is 5.24. The van der Waals surface area contributed by atoms with Crippen molar-refractivity contribution in [1.82, 2.24) is 5.32 Å². The lowest BCUT2D eigenvalue weighted by atomic mass is 9.94. The van der Waals surface area contributed by atoms with Crippen molar-refractivity contribution < 1.29 is 9.90 Å². The van der Waals surface area contributed by atoms with Crippen LogP contribution in [0.4, 0.5) is 0 Å². The molecule has 0 fully saturated rings. The first kappa shape index (κ1) is 14.7. The lowest BCUT2D eigenvalue weighted by Crippen LogP contribution is -2.51. The summed E-state index contributed by atoms with van der Waals surface area (Å²) in [6.45, 7) is 2.07. The average Bonchev–Trinajstić information content (AvgIpc) is 2.22. The van der Waals surface area contributed by atoms with E-state index >= 15 is 0 Å². The van der Waals surface area contributed by atoms with Gasteiger partial charge in [-0.15, -0.1) is 0 Å². The molecule has 4 nitrogen and oxygen atoms in total. The van der Waals surface area contributed by atoms with Gasteiger partial charge < -0.3 is 16.2 Å². The molecule has 4 N–H and O–H groups in total. The Morgan fingerprint density at radius 1 is 1.47 bits per heavy atom. The first-order chi connectivity index (χ1) is 7.06. The van der Waals surface area contributed by atoms with Gasteiger partial charge in [0.25, 0.3) is 0 Å². The minimum Gasteiger partial charge on any atom is -0.396 e. The van der Waals surface area contributed by atoms with E-state index in [1.54, 1.807) is 18.8 Å². The smallest absolute Gasteiger partial charge is 0.237 e. The third kappa shape index (κ3) is 6.02. The number of aliphatic hydroxyl groups excluding tert-OH is 1. The third-order valence-corrected chi connectivity index (χ3v) is 3.60. The van der Waals surface area contributed by atoms with E-state index in [0.717, 1.165) is 30.8 Å². The molecule has 1 amide bonds. The van der Waals surface area contributed by atoms with E-state index in [-0.39, 0.29) is 12.5 Å². The van der Waals surface area contributed by atoms with E-state index in [1.165, 1.54) is 0 Å². The minimum atomic E-state index is -0.582. The van der Waals surface area contributed by atoms with Crippen LogP contribution in [-0.2, 0) is 4.79 Å². The highest BCUT2D eigenvalue weighted by molar-refractivity contribution is 7.99. The highest BCUT2D eigenvalue weighted by Gasteiger charge is 2.27. The van der Waals surface area contributed by atoms with Crippen LogP contribution in [0.15, 0.2) is 0 Å². The summed E-state index contributed by atoms with van der Waals surface area (Å²) >= 11 is 1.73. The van der Waals surface area contributed by atoms with Crippen molar-refractivity contribution in [3.05, 3.63) is 0 Å². The molecule has 0 radical (unpaired) electrons. The van der Waals surface area contributed by atoms with Gasteiger partial charge >= 0.3 is 0 Å². The summed E-state index contributed by atoms with van der Waals surface area (Å²) in [5.41, 5.74) is 4.72. The molecule has 0 aliphatic heterocycles. The van der Waals surface area contributed by atoms with Crippen LogP contribution in [0.5, 0.6) is 0 Å². The van der Waals surface area contributed by atoms with Crippen LogP contribution >= 0.6 is 11.8 Å². The van der Waals surface area contributed by atoms with E-state index in [1.807, 2.05) is 6.92 Å². The minimum absolute atomic E-state index is 0.236. The molecule has 0 aromatic rings. The zero-order chi connectivity index (χ0) is 11.7. The van der Waals surface area contributed by atoms with Crippen molar-refractivity contribution in [2.24, 2.45) is 5.73 Å². The Kier molecular flexibility index (Phi) is 7.82. The maximum atomic E-state index is 11.1. The molecule has 1 unspecified atom stereocenters. The maximum Gasteiger partial charge on any atom is 0.237 e. The number of amides is 1. The Bertz CT molecular complexity index is 190. The molecule has 0 spiro atoms. The number of hydrogen-bond donors (Lipinski definition) is 3. The molecule has 0 bridgehead atoms. The summed E-state index contributed by atoms with van der Waals surface area (Å²) in [4.78, 5) is 11.1. The number of aliphatic hydroxyl groups is 1. The van der Waals surface area contributed by atoms with Crippen molar-refractivity contribution in [1.29, 1.82) is 0 Å². The zero-order valence-corrected chi connectivity index (χ0v) is 10.4. The third-order valence-electron chi connectivity index (χ3n) is 2.55. The summed E-state index contributed by atoms with van der Waals surface area (Å²) in [5.74, 6) is 1.52. The van der Waals surface area contributed by atoms with Gasteiger partial charge in [-0.25, -0.2) is 0 Å². The average molecular weight is 234 g/mol. The first-order valence-corrected chi connectivity index (χ1v) is 6.39. The van der Waals surface area contributed by atoms with Gasteiger partial charge in [-0.2, -0.15) is 11.8 Å². The van der Waals surface area contributed by atoms with E-state index in [9.17, 15) is 4.79 Å². The Hall–Kier alpha value is -0.260. The monoisotopic (exact) mass is 234 g/mol. The fourth-order valence-electron chi connectivity index (χ4n) is 1.22. The number of thioether (sulfide) groups is 1. The van der Waals surface area contributed by atoms with Gasteiger partial charge in [0, 0.05) is 5.75 Å². The van der Waals surface area contributed by atoms with Gasteiger partial charge in [-0.3, -0.25) is 4.79 Å². The van der Waals surface area contributed by atoms with E-state index in [2.05, 4.69) is 5.32 Å². The molecule has 0 saturated heterocycles. The molecule has 0 aliphatic carbocycles. The van der Waals surface area contributed by atoms with Crippen LogP contribution in [0, 0.1) is 0 Å². The molecule has 0 aromatic carbocycles. The number of carbonyl (C=O) groups is 1. The van der Waals surface area contributed by atoms with Crippen LogP contribution in [0.3, 0.4) is 0 Å². The largest absolute Gasteiger partial charge is 0.396 e. The number of nitrogens with one attached hydrogen (secondary N) is 1. The van der Waals surface area contributed by atoms with Crippen LogP contribution in [-0.4, -0.2) is 41.7 Å². The molecule has 90 valence electrons. The highest BCUT2D eigenvalue weighted by atomic mass is 32.2. The second-order valence-corrected chi connectivity index (χ2v) is 4.96. The number of unbranched alkanes of at least 4 members (excludes halogenated alkanes) is 1. The zero-order valence-electron chi connectivity index (χ0n) is 9.58. The summed E-state index contributed by atoms with van der Waals surface area (Å²) < 4.78 is 0. The topological polar surface area (TPSA) is 75.3 Å². The van der Waals surface area contributed by atoms with Gasteiger partial charge in [-0.05, 0) is 32.6 Å². The molecular weight excluding hydrogens is 212 g/mol. The number of primary amides is 1. The van der Waals surface area contributed by atoms with Crippen molar-refractivity contribution >= 4 is 17.7 Å². The summed E-state index contributed by atoms with van der Waals surface area (Å²) in [5, 5.41) is 11.5. The standard InChI is InChI=1S/C10H22N2O2S/c1-10(12-2,9(11)14)5-3-4-7-15-8-6-13/h12-13H,3-8H2,1-2H3,(H2,11,14). The van der Waals surface area contributed by atoms with Crippen LogP contribution < -0.4 is 11.1 Å².